The first-order chi connectivity index (χ1) is 16.8. The molecule has 1 saturated heterocycles. The molecule has 4 aliphatic rings. The number of amides is 2. The lowest BCUT2D eigenvalue weighted by atomic mass is 9.68. The second-order valence-electron chi connectivity index (χ2n) is 9.59. The quantitative estimate of drug-likeness (QED) is 0.353. The van der Waals surface area contributed by atoms with E-state index in [1.54, 1.807) is 30.0 Å². The summed E-state index contributed by atoms with van der Waals surface area (Å²) in [6, 6.07) is 12.9. The molecule has 2 amide bonds. The molecule has 2 aromatic carbocycles. The summed E-state index contributed by atoms with van der Waals surface area (Å²) in [4.78, 5) is 45.0. The number of nitrogens with one attached hydrogen (secondary N) is 1. The molecule has 35 heavy (non-hydrogen) atoms. The molecular weight excluding hydrogens is 591 g/mol. The average Bonchev–Trinajstić information content (AvgIpc) is 3.56. The van der Waals surface area contributed by atoms with Crippen LogP contribution in [-0.4, -0.2) is 22.0 Å². The van der Waals surface area contributed by atoms with Crippen molar-refractivity contribution in [2.75, 3.05) is 4.90 Å². The molecule has 2 bridgehead atoms. The number of H-pyrrole nitrogens is 1. The number of thioether (sulfide) groups is 1. The molecule has 3 heterocycles. The summed E-state index contributed by atoms with van der Waals surface area (Å²) < 4.78 is 0.893. The van der Waals surface area contributed by atoms with E-state index in [1.807, 2.05) is 24.3 Å². The molecule has 1 N–H and O–H groups in total. The number of imide groups is 1. The van der Waals surface area contributed by atoms with Gasteiger partial charge in [0.25, 0.3) is 0 Å². The van der Waals surface area contributed by atoms with Crippen molar-refractivity contribution in [2.24, 2.45) is 29.6 Å². The van der Waals surface area contributed by atoms with Crippen molar-refractivity contribution in [3.63, 3.8) is 0 Å². The number of rotatable bonds is 2. The third-order valence-corrected chi connectivity index (χ3v) is 12.1. The summed E-state index contributed by atoms with van der Waals surface area (Å²) in [5.74, 6) is -0.852. The number of halogens is 3. The molecule has 1 aromatic heterocycles. The maximum absolute atomic E-state index is 13.7. The Hall–Kier alpha value is -1.58. The number of hydrogen-bond donors (Lipinski definition) is 1. The third-order valence-electron chi connectivity index (χ3n) is 8.13. The van der Waals surface area contributed by atoms with Gasteiger partial charge >= 0.3 is 4.87 Å². The van der Waals surface area contributed by atoms with Crippen LogP contribution in [0, 0.1) is 29.6 Å². The number of nitrogens with zero attached hydrogens (tertiary/aromatic N) is 1. The molecule has 2 aliphatic heterocycles. The smallest absolute Gasteiger partial charge is 0.305 e. The fourth-order valence-corrected chi connectivity index (χ4v) is 10.5. The Morgan fingerprint density at radius 2 is 1.69 bits per heavy atom. The van der Waals surface area contributed by atoms with E-state index in [0.29, 0.717) is 15.7 Å². The van der Waals surface area contributed by atoms with Crippen molar-refractivity contribution in [3.8, 4) is 0 Å². The number of benzene rings is 2. The molecule has 7 rings (SSSR count). The summed E-state index contributed by atoms with van der Waals surface area (Å²) in [5, 5.41) is 1.92. The van der Waals surface area contributed by atoms with Gasteiger partial charge in [0.05, 0.1) is 32.6 Å². The van der Waals surface area contributed by atoms with E-state index >= 15 is 0 Å². The maximum Gasteiger partial charge on any atom is 0.305 e. The minimum atomic E-state index is -0.351. The van der Waals surface area contributed by atoms with Crippen molar-refractivity contribution in [3.05, 3.63) is 77.1 Å². The summed E-state index contributed by atoms with van der Waals surface area (Å²) in [7, 11) is 0. The van der Waals surface area contributed by atoms with Gasteiger partial charge in [-0.1, -0.05) is 62.6 Å². The van der Waals surface area contributed by atoms with Gasteiger partial charge < -0.3 is 4.98 Å². The predicted molar refractivity (Wildman–Crippen MR) is 142 cm³/mol. The van der Waals surface area contributed by atoms with Crippen LogP contribution in [0.2, 0.25) is 10.0 Å². The Bertz CT molecular complexity index is 1470. The number of fused-ring (bicyclic) bond motifs is 9. The van der Waals surface area contributed by atoms with Crippen LogP contribution in [0.4, 0.5) is 5.69 Å². The minimum absolute atomic E-state index is 0.0322. The molecule has 3 fully saturated rings. The first-order valence-corrected chi connectivity index (χ1v) is 14.6. The molecule has 10 heteroatoms. The van der Waals surface area contributed by atoms with Gasteiger partial charge in [0.15, 0.2) is 0 Å². The first-order valence-electron chi connectivity index (χ1n) is 11.3. The Morgan fingerprint density at radius 3 is 2.43 bits per heavy atom. The normalized spacial score (nSPS) is 32.7. The van der Waals surface area contributed by atoms with Crippen LogP contribution >= 0.6 is 62.2 Å². The van der Waals surface area contributed by atoms with E-state index in [4.69, 9.17) is 23.2 Å². The van der Waals surface area contributed by atoms with Crippen molar-refractivity contribution in [1.82, 2.24) is 4.98 Å². The van der Waals surface area contributed by atoms with Crippen LogP contribution in [0.3, 0.4) is 0 Å². The topological polar surface area (TPSA) is 70.2 Å². The number of carbonyl (C=O) groups excluding carboxylic acids is 2. The minimum Gasteiger partial charge on any atom is -0.307 e. The van der Waals surface area contributed by atoms with E-state index in [0.717, 1.165) is 26.4 Å². The van der Waals surface area contributed by atoms with Crippen LogP contribution in [0.25, 0.3) is 0 Å². The summed E-state index contributed by atoms with van der Waals surface area (Å²) >= 11 is 19.4. The average molecular weight is 608 g/mol. The molecule has 0 radical (unpaired) electrons. The SMILES string of the molecule is O=C1C2C(C(=O)N1c1ccc(Br)cc1)[C@@H]1C[C@H]2C2Sc3[nH]c(=O)sc3C(c3cccc(Cl)c3Cl)C21. The van der Waals surface area contributed by atoms with Gasteiger partial charge in [-0.05, 0) is 60.1 Å². The highest BCUT2D eigenvalue weighted by Gasteiger charge is 2.69. The van der Waals surface area contributed by atoms with Crippen LogP contribution in [0.5, 0.6) is 0 Å². The highest BCUT2D eigenvalue weighted by atomic mass is 79.9. The number of hydrogen-bond acceptors (Lipinski definition) is 5. The van der Waals surface area contributed by atoms with Gasteiger partial charge in [0, 0.05) is 20.5 Å². The molecule has 0 spiro atoms. The number of carbonyl (C=O) groups is 2. The van der Waals surface area contributed by atoms with Crippen molar-refractivity contribution in [1.29, 1.82) is 0 Å². The summed E-state index contributed by atoms with van der Waals surface area (Å²) in [6.07, 6.45) is 0.831. The number of anilines is 1. The summed E-state index contributed by atoms with van der Waals surface area (Å²) in [6.45, 7) is 0. The zero-order chi connectivity index (χ0) is 24.2. The largest absolute Gasteiger partial charge is 0.307 e. The van der Waals surface area contributed by atoms with Crippen molar-refractivity contribution >= 4 is 79.7 Å². The van der Waals surface area contributed by atoms with Gasteiger partial charge in [0.1, 0.15) is 0 Å². The third kappa shape index (κ3) is 3.10. The Labute approximate surface area is 227 Å². The second kappa shape index (κ2) is 7.96. The first kappa shape index (κ1) is 22.6. The highest BCUT2D eigenvalue weighted by Crippen LogP contribution is 2.69. The molecule has 178 valence electrons. The van der Waals surface area contributed by atoms with Crippen LogP contribution in [-0.2, 0) is 9.59 Å². The molecule has 2 aliphatic carbocycles. The number of thiazole rings is 1. The molecule has 3 aromatic rings. The Balaban J connectivity index is 1.35. The number of aromatic amines is 1. The second-order valence-corrected chi connectivity index (χ2v) is 13.5. The predicted octanol–water partition coefficient (Wildman–Crippen LogP) is 6.18. The van der Waals surface area contributed by atoms with Crippen molar-refractivity contribution < 1.29 is 9.59 Å². The summed E-state index contributed by atoms with van der Waals surface area (Å²) in [5.41, 5.74) is 1.50. The molecule has 5 nitrogen and oxygen atoms in total. The highest BCUT2D eigenvalue weighted by molar-refractivity contribution is 9.10. The lowest BCUT2D eigenvalue weighted by Crippen LogP contribution is -2.42. The standard InChI is InChI=1S/C25H17BrCl2N2O3S2/c26-9-4-6-10(7-5-9)30-23(31)17-12-8-13(18(17)24(30)32)20-16(12)15(11-2-1-3-14(27)19(11)28)21-22(34-20)29-25(33)35-21/h1-7,12-13,15-18,20H,8H2,(H,29,33)/t12-,13-,15?,16?,17?,18?,20?/m1/s1. The lowest BCUT2D eigenvalue weighted by Gasteiger charge is -2.43. The fourth-order valence-electron chi connectivity index (χ4n) is 6.97. The van der Waals surface area contributed by atoms with E-state index in [-0.39, 0.29) is 57.4 Å². The molecule has 7 atom stereocenters. The van der Waals surface area contributed by atoms with Gasteiger partial charge in [-0.3, -0.25) is 19.3 Å². The van der Waals surface area contributed by atoms with Gasteiger partial charge in [-0.15, -0.1) is 11.8 Å². The van der Waals surface area contributed by atoms with Gasteiger partial charge in [0.2, 0.25) is 11.8 Å². The Morgan fingerprint density at radius 1 is 0.971 bits per heavy atom. The van der Waals surface area contributed by atoms with E-state index < -0.39 is 0 Å². The van der Waals surface area contributed by atoms with Crippen molar-refractivity contribution in [2.45, 2.75) is 22.6 Å². The monoisotopic (exact) mass is 606 g/mol. The van der Waals surface area contributed by atoms with Crippen LogP contribution < -0.4 is 9.77 Å². The van der Waals surface area contributed by atoms with Crippen LogP contribution in [0.1, 0.15) is 22.8 Å². The molecule has 5 unspecified atom stereocenters. The van der Waals surface area contributed by atoms with E-state index in [9.17, 15) is 14.4 Å². The van der Waals surface area contributed by atoms with Gasteiger partial charge in [-0.2, -0.15) is 0 Å². The van der Waals surface area contributed by atoms with Gasteiger partial charge in [-0.25, -0.2) is 0 Å². The van der Waals surface area contributed by atoms with Crippen LogP contribution in [0.15, 0.2) is 56.8 Å². The molecular formula is C25H17BrCl2N2O3S2. The zero-order valence-electron chi connectivity index (χ0n) is 17.9. The maximum atomic E-state index is 13.7. The number of aromatic nitrogens is 1. The Kier molecular flexibility index (Phi) is 5.14. The van der Waals surface area contributed by atoms with E-state index in [2.05, 4.69) is 20.9 Å². The zero-order valence-corrected chi connectivity index (χ0v) is 22.6. The van der Waals surface area contributed by atoms with E-state index in [1.165, 1.54) is 16.2 Å². The lowest BCUT2D eigenvalue weighted by molar-refractivity contribution is -0.123. The molecule has 2 saturated carbocycles. The fraction of sp³-hybridized carbons (Fsp3) is 0.320.